The molecule has 0 amide bonds. The molecule has 1 aliphatic rings. The summed E-state index contributed by atoms with van der Waals surface area (Å²) >= 11 is 5.83. The molecule has 2 unspecified atom stereocenters. The van der Waals surface area contributed by atoms with Crippen LogP contribution in [0.2, 0.25) is 5.02 Å². The van der Waals surface area contributed by atoms with Gasteiger partial charge < -0.3 is 9.47 Å². The fourth-order valence-electron chi connectivity index (χ4n) is 2.81. The second kappa shape index (κ2) is 7.40. The van der Waals surface area contributed by atoms with Gasteiger partial charge in [0, 0.05) is 23.8 Å². The van der Waals surface area contributed by atoms with Crippen molar-refractivity contribution in [1.29, 1.82) is 0 Å². The predicted molar refractivity (Wildman–Crippen MR) is 93.4 cm³/mol. The lowest BCUT2D eigenvalue weighted by molar-refractivity contribution is -0.153. The van der Waals surface area contributed by atoms with E-state index in [1.807, 2.05) is 13.8 Å². The zero-order chi connectivity index (χ0) is 18.8. The average Bonchev–Trinajstić information content (AvgIpc) is 2.57. The van der Waals surface area contributed by atoms with Gasteiger partial charge in [0.05, 0.1) is 5.56 Å². The number of halogens is 1. The molecule has 6 heteroatoms. The molecule has 0 spiro atoms. The van der Waals surface area contributed by atoms with Crippen LogP contribution in [0.3, 0.4) is 0 Å². The molecule has 0 fully saturated rings. The van der Waals surface area contributed by atoms with E-state index in [1.165, 1.54) is 6.92 Å². The van der Waals surface area contributed by atoms with Crippen LogP contribution >= 0.6 is 11.6 Å². The van der Waals surface area contributed by atoms with Gasteiger partial charge in [0.1, 0.15) is 6.10 Å². The second-order valence-electron chi connectivity index (χ2n) is 6.85. The van der Waals surface area contributed by atoms with E-state index in [2.05, 4.69) is 0 Å². The zero-order valence-corrected chi connectivity index (χ0v) is 15.4. The largest absolute Gasteiger partial charge is 0.454 e. The molecule has 2 atom stereocenters. The van der Waals surface area contributed by atoms with E-state index in [0.29, 0.717) is 16.2 Å². The van der Waals surface area contributed by atoms with Crippen LogP contribution in [0.15, 0.2) is 35.9 Å². The Morgan fingerprint density at radius 1 is 1.16 bits per heavy atom. The highest BCUT2D eigenvalue weighted by Gasteiger charge is 2.43. The van der Waals surface area contributed by atoms with E-state index in [9.17, 15) is 14.4 Å². The fraction of sp³-hybridized carbons (Fsp3) is 0.421. The molecule has 5 nitrogen and oxygen atoms in total. The average molecular weight is 365 g/mol. The standard InChI is InChI=1S/C19H21ClO5/c1-11-9-16(24-12(2)21)17(19(3,4)10-15(11)22)25-18(23)13-5-7-14(20)8-6-13/h5-9,16-17H,10H2,1-4H3. The van der Waals surface area contributed by atoms with Crippen molar-refractivity contribution in [3.63, 3.8) is 0 Å². The van der Waals surface area contributed by atoms with Crippen molar-refractivity contribution in [2.75, 3.05) is 0 Å². The van der Waals surface area contributed by atoms with Crippen LogP contribution in [0, 0.1) is 5.41 Å². The molecule has 0 radical (unpaired) electrons. The molecular weight excluding hydrogens is 344 g/mol. The van der Waals surface area contributed by atoms with Gasteiger partial charge in [0.15, 0.2) is 11.9 Å². The first-order valence-electron chi connectivity index (χ1n) is 7.95. The third-order valence-electron chi connectivity index (χ3n) is 4.15. The molecule has 0 bridgehead atoms. The predicted octanol–water partition coefficient (Wildman–Crippen LogP) is 3.74. The van der Waals surface area contributed by atoms with Gasteiger partial charge in [-0.2, -0.15) is 0 Å². The van der Waals surface area contributed by atoms with Gasteiger partial charge in [0.2, 0.25) is 0 Å². The van der Waals surface area contributed by atoms with Crippen molar-refractivity contribution < 1.29 is 23.9 Å². The zero-order valence-electron chi connectivity index (χ0n) is 14.7. The molecule has 0 heterocycles. The molecule has 0 saturated heterocycles. The number of esters is 2. The van der Waals surface area contributed by atoms with Gasteiger partial charge in [-0.25, -0.2) is 4.79 Å². The van der Waals surface area contributed by atoms with Crippen LogP contribution in [0.25, 0.3) is 0 Å². The normalized spacial score (nSPS) is 22.6. The molecule has 0 aliphatic heterocycles. The Balaban J connectivity index is 2.34. The summed E-state index contributed by atoms with van der Waals surface area (Å²) in [5, 5.41) is 0.508. The van der Waals surface area contributed by atoms with Crippen LogP contribution in [-0.4, -0.2) is 29.9 Å². The molecular formula is C19H21ClO5. The number of carbonyl (C=O) groups excluding carboxylic acids is 3. The summed E-state index contributed by atoms with van der Waals surface area (Å²) < 4.78 is 11.0. The van der Waals surface area contributed by atoms with E-state index >= 15 is 0 Å². The first-order valence-corrected chi connectivity index (χ1v) is 8.33. The van der Waals surface area contributed by atoms with E-state index in [4.69, 9.17) is 21.1 Å². The molecule has 1 aromatic carbocycles. The fourth-order valence-corrected chi connectivity index (χ4v) is 2.93. The van der Waals surface area contributed by atoms with E-state index in [-0.39, 0.29) is 12.2 Å². The van der Waals surface area contributed by atoms with Crippen LogP contribution in [0.5, 0.6) is 0 Å². The Labute approximate surface area is 151 Å². The lowest BCUT2D eigenvalue weighted by atomic mass is 9.80. The summed E-state index contributed by atoms with van der Waals surface area (Å²) in [6.45, 7) is 6.57. The molecule has 0 aromatic heterocycles. The third kappa shape index (κ3) is 4.69. The minimum absolute atomic E-state index is 0.0628. The topological polar surface area (TPSA) is 69.7 Å². The Hall–Kier alpha value is -2.14. The van der Waals surface area contributed by atoms with Crippen LogP contribution < -0.4 is 0 Å². The summed E-state index contributed by atoms with van der Waals surface area (Å²) in [6.07, 6.45) is 0.125. The highest BCUT2D eigenvalue weighted by molar-refractivity contribution is 6.30. The van der Waals surface area contributed by atoms with Crippen molar-refractivity contribution in [2.45, 2.75) is 46.3 Å². The molecule has 134 valence electrons. The quantitative estimate of drug-likeness (QED) is 0.764. The van der Waals surface area contributed by atoms with Crippen molar-refractivity contribution in [3.8, 4) is 0 Å². The van der Waals surface area contributed by atoms with Gasteiger partial charge in [-0.1, -0.05) is 25.4 Å². The second-order valence-corrected chi connectivity index (χ2v) is 7.28. The third-order valence-corrected chi connectivity index (χ3v) is 4.41. The summed E-state index contributed by atoms with van der Waals surface area (Å²) in [7, 11) is 0. The van der Waals surface area contributed by atoms with E-state index in [1.54, 1.807) is 37.3 Å². The molecule has 0 N–H and O–H groups in total. The number of hydrogen-bond donors (Lipinski definition) is 0. The smallest absolute Gasteiger partial charge is 0.338 e. The highest BCUT2D eigenvalue weighted by Crippen LogP contribution is 2.36. The number of hydrogen-bond acceptors (Lipinski definition) is 5. The molecule has 2 rings (SSSR count). The van der Waals surface area contributed by atoms with Gasteiger partial charge in [-0.05, 0) is 42.8 Å². The first kappa shape index (κ1) is 19.2. The highest BCUT2D eigenvalue weighted by atomic mass is 35.5. The number of Topliss-reactive ketones (excluding diaryl/α,β-unsaturated/α-hetero) is 1. The van der Waals surface area contributed by atoms with Crippen LogP contribution in [0.4, 0.5) is 0 Å². The van der Waals surface area contributed by atoms with Crippen molar-refractivity contribution in [3.05, 3.63) is 46.5 Å². The molecule has 1 aliphatic carbocycles. The number of benzene rings is 1. The van der Waals surface area contributed by atoms with Crippen molar-refractivity contribution in [1.82, 2.24) is 0 Å². The van der Waals surface area contributed by atoms with Gasteiger partial charge in [0.25, 0.3) is 0 Å². The Morgan fingerprint density at radius 2 is 1.76 bits per heavy atom. The Bertz CT molecular complexity index is 718. The maximum atomic E-state index is 12.5. The lowest BCUT2D eigenvalue weighted by Gasteiger charge is -2.35. The Morgan fingerprint density at radius 3 is 2.32 bits per heavy atom. The van der Waals surface area contributed by atoms with Crippen molar-refractivity contribution >= 4 is 29.3 Å². The minimum Gasteiger partial charge on any atom is -0.454 e. The Kier molecular flexibility index (Phi) is 5.68. The van der Waals surface area contributed by atoms with E-state index < -0.39 is 29.6 Å². The summed E-state index contributed by atoms with van der Waals surface area (Å²) in [4.78, 5) is 36.2. The van der Waals surface area contributed by atoms with Gasteiger partial charge in [-0.15, -0.1) is 0 Å². The minimum atomic E-state index is -0.824. The molecule has 25 heavy (non-hydrogen) atoms. The van der Waals surface area contributed by atoms with Crippen LogP contribution in [-0.2, 0) is 19.1 Å². The number of ether oxygens (including phenoxy) is 2. The SMILES string of the molecule is CC(=O)OC1C=C(C)C(=O)CC(C)(C)C1OC(=O)c1ccc(Cl)cc1. The molecule has 1 aromatic rings. The maximum absolute atomic E-state index is 12.5. The van der Waals surface area contributed by atoms with E-state index in [0.717, 1.165) is 0 Å². The first-order chi connectivity index (χ1) is 11.6. The maximum Gasteiger partial charge on any atom is 0.338 e. The van der Waals surface area contributed by atoms with Crippen molar-refractivity contribution in [2.24, 2.45) is 5.41 Å². The number of rotatable bonds is 3. The van der Waals surface area contributed by atoms with Gasteiger partial charge in [-0.3, -0.25) is 9.59 Å². The molecule has 0 saturated carbocycles. The number of ketones is 1. The summed E-state index contributed by atoms with van der Waals surface area (Å²) in [6, 6.07) is 6.30. The summed E-state index contributed by atoms with van der Waals surface area (Å²) in [5.41, 5.74) is 0.121. The van der Waals surface area contributed by atoms with Gasteiger partial charge >= 0.3 is 11.9 Å². The monoisotopic (exact) mass is 364 g/mol. The number of carbonyl (C=O) groups is 3. The summed E-state index contributed by atoms with van der Waals surface area (Å²) in [5.74, 6) is -1.13. The lowest BCUT2D eigenvalue weighted by Crippen LogP contribution is -2.44. The van der Waals surface area contributed by atoms with Crippen LogP contribution in [0.1, 0.15) is 44.5 Å². The number of allylic oxidation sites excluding steroid dienone is 1.